The number of fused-ring (bicyclic) bond motifs is 2. The molecule has 0 N–H and O–H groups in total. The number of hydrogen-bond acceptors (Lipinski definition) is 8. The average Bonchev–Trinajstić information content (AvgIpc) is 3.35. The van der Waals surface area contributed by atoms with E-state index in [9.17, 15) is 0 Å². The number of methoxy groups -OCH3 is 4. The van der Waals surface area contributed by atoms with Crippen LogP contribution in [0.25, 0.3) is 0 Å². The van der Waals surface area contributed by atoms with E-state index in [2.05, 4.69) is 0 Å². The summed E-state index contributed by atoms with van der Waals surface area (Å²) in [5.74, 6) is 0. The molecule has 4 saturated heterocycles. The van der Waals surface area contributed by atoms with Crippen molar-refractivity contribution in [1.29, 1.82) is 0 Å². The van der Waals surface area contributed by atoms with E-state index >= 15 is 0 Å². The van der Waals surface area contributed by atoms with Crippen molar-refractivity contribution in [3.63, 3.8) is 0 Å². The van der Waals surface area contributed by atoms with Crippen LogP contribution in [-0.4, -0.2) is 104 Å². The second-order valence-corrected chi connectivity index (χ2v) is 6.29. The van der Waals surface area contributed by atoms with Gasteiger partial charge in [-0.1, -0.05) is 0 Å². The maximum absolute atomic E-state index is 5.51. The molecular formula is C16H28O8. The van der Waals surface area contributed by atoms with Crippen molar-refractivity contribution in [2.24, 2.45) is 0 Å². The lowest BCUT2D eigenvalue weighted by molar-refractivity contribution is -0.0267. The molecule has 0 aromatic rings. The lowest BCUT2D eigenvalue weighted by Gasteiger charge is -2.14. The molecule has 2 unspecified atom stereocenters. The highest BCUT2D eigenvalue weighted by Crippen LogP contribution is 2.30. The van der Waals surface area contributed by atoms with E-state index in [1.165, 1.54) is 0 Å². The fraction of sp³-hybridized carbons (Fsp3) is 1.00. The van der Waals surface area contributed by atoms with E-state index in [1.807, 2.05) is 0 Å². The smallest absolute Gasteiger partial charge is 0.115 e. The van der Waals surface area contributed by atoms with Gasteiger partial charge in [-0.2, -0.15) is 0 Å². The van der Waals surface area contributed by atoms with Crippen LogP contribution >= 0.6 is 0 Å². The van der Waals surface area contributed by atoms with E-state index in [-0.39, 0.29) is 48.8 Å². The third-order valence-electron chi connectivity index (χ3n) is 5.14. The highest BCUT2D eigenvalue weighted by atomic mass is 16.6. The number of hydrogen-bond donors (Lipinski definition) is 0. The van der Waals surface area contributed by atoms with Crippen LogP contribution in [0.2, 0.25) is 0 Å². The minimum absolute atomic E-state index is 0.0694. The highest BCUT2D eigenvalue weighted by molar-refractivity contribution is 4.96. The molecule has 0 aromatic carbocycles. The van der Waals surface area contributed by atoms with Crippen molar-refractivity contribution in [2.45, 2.75) is 48.8 Å². The monoisotopic (exact) mass is 348 g/mol. The van der Waals surface area contributed by atoms with Gasteiger partial charge in [-0.05, 0) is 0 Å². The van der Waals surface area contributed by atoms with Crippen LogP contribution < -0.4 is 0 Å². The summed E-state index contributed by atoms with van der Waals surface area (Å²) in [4.78, 5) is 0. The zero-order valence-electron chi connectivity index (χ0n) is 14.7. The zero-order valence-corrected chi connectivity index (χ0v) is 14.7. The van der Waals surface area contributed by atoms with E-state index < -0.39 is 0 Å². The topological polar surface area (TPSA) is 73.8 Å². The molecule has 0 spiro atoms. The van der Waals surface area contributed by atoms with Gasteiger partial charge in [0.05, 0.1) is 26.4 Å². The lowest BCUT2D eigenvalue weighted by atomic mass is 10.1. The Bertz CT molecular complexity index is 322. The molecule has 4 rings (SSSR count). The van der Waals surface area contributed by atoms with Gasteiger partial charge in [0.25, 0.3) is 0 Å². The first kappa shape index (κ1) is 18.5. The summed E-state index contributed by atoms with van der Waals surface area (Å²) in [5.41, 5.74) is 0. The van der Waals surface area contributed by atoms with Crippen LogP contribution in [0.4, 0.5) is 0 Å². The maximum Gasteiger partial charge on any atom is 0.115 e. The lowest BCUT2D eigenvalue weighted by Crippen LogP contribution is -2.32. The summed E-state index contributed by atoms with van der Waals surface area (Å²) >= 11 is 0. The first-order chi connectivity index (χ1) is 11.7. The van der Waals surface area contributed by atoms with Gasteiger partial charge in [0.15, 0.2) is 0 Å². The van der Waals surface area contributed by atoms with Gasteiger partial charge in [-0.15, -0.1) is 0 Å². The molecule has 8 heteroatoms. The van der Waals surface area contributed by atoms with Crippen LogP contribution in [-0.2, 0) is 37.9 Å². The van der Waals surface area contributed by atoms with Crippen molar-refractivity contribution in [3.05, 3.63) is 0 Å². The Morgan fingerprint density at radius 2 is 0.667 bits per heavy atom. The third-order valence-corrected chi connectivity index (χ3v) is 5.14. The van der Waals surface area contributed by atoms with Crippen molar-refractivity contribution in [1.82, 2.24) is 0 Å². The Kier molecular flexibility index (Phi) is 6.44. The van der Waals surface area contributed by atoms with Gasteiger partial charge in [0.2, 0.25) is 0 Å². The summed E-state index contributed by atoms with van der Waals surface area (Å²) in [7, 11) is 6.72. The van der Waals surface area contributed by atoms with E-state index in [0.29, 0.717) is 26.4 Å². The van der Waals surface area contributed by atoms with Crippen LogP contribution in [0.5, 0.6) is 0 Å². The predicted molar refractivity (Wildman–Crippen MR) is 82.1 cm³/mol. The van der Waals surface area contributed by atoms with Crippen molar-refractivity contribution < 1.29 is 37.9 Å². The molecule has 0 aliphatic carbocycles. The van der Waals surface area contributed by atoms with Crippen LogP contribution in [0, 0.1) is 0 Å². The van der Waals surface area contributed by atoms with Gasteiger partial charge >= 0.3 is 0 Å². The van der Waals surface area contributed by atoms with E-state index in [1.54, 1.807) is 28.4 Å². The summed E-state index contributed by atoms with van der Waals surface area (Å²) < 4.78 is 42.9. The fourth-order valence-electron chi connectivity index (χ4n) is 3.67. The van der Waals surface area contributed by atoms with Gasteiger partial charge in [0.1, 0.15) is 48.8 Å². The summed E-state index contributed by atoms with van der Waals surface area (Å²) in [6.45, 7) is 2.47. The largest absolute Gasteiger partial charge is 0.376 e. The zero-order chi connectivity index (χ0) is 17.1. The molecule has 0 amide bonds. The normalized spacial score (nSPS) is 46.5. The molecule has 4 aliphatic rings. The molecule has 0 bridgehead atoms. The minimum atomic E-state index is 0.0694. The SMILES string of the molecule is CO[C@@H]1CO[C@H]2[C@@H]1OC[C@H]2OC.CO[C@H]1COC2C1OC[C@H]2OC. The quantitative estimate of drug-likeness (QED) is 0.681. The summed E-state index contributed by atoms with van der Waals surface area (Å²) in [5, 5.41) is 0. The number of rotatable bonds is 4. The average molecular weight is 348 g/mol. The molecule has 8 atom stereocenters. The van der Waals surface area contributed by atoms with Crippen LogP contribution in [0.15, 0.2) is 0 Å². The first-order valence-electron chi connectivity index (χ1n) is 8.31. The standard InChI is InChI=1S/2C8H14O4/c2*1-9-5-3-11-8-6(10-2)4-12-7(5)8/h2*5-8H,3-4H2,1-2H3/t5-,6+,7?,8?;5-,6-,7-,8-/m.1/s1. The molecule has 140 valence electrons. The second-order valence-electron chi connectivity index (χ2n) is 6.29. The molecule has 0 saturated carbocycles. The van der Waals surface area contributed by atoms with Gasteiger partial charge in [-0.25, -0.2) is 0 Å². The molecular weight excluding hydrogens is 320 g/mol. The van der Waals surface area contributed by atoms with E-state index in [4.69, 9.17) is 37.9 Å². The van der Waals surface area contributed by atoms with E-state index in [0.717, 1.165) is 0 Å². The van der Waals surface area contributed by atoms with Crippen molar-refractivity contribution >= 4 is 0 Å². The maximum atomic E-state index is 5.51. The third kappa shape index (κ3) is 3.47. The van der Waals surface area contributed by atoms with Crippen molar-refractivity contribution in [3.8, 4) is 0 Å². The van der Waals surface area contributed by atoms with Gasteiger partial charge < -0.3 is 37.9 Å². The summed E-state index contributed by atoms with van der Waals surface area (Å²) in [6.07, 6.45) is 0.593. The molecule has 4 heterocycles. The van der Waals surface area contributed by atoms with Gasteiger partial charge in [-0.3, -0.25) is 0 Å². The Morgan fingerprint density at radius 1 is 0.458 bits per heavy atom. The first-order valence-corrected chi connectivity index (χ1v) is 8.31. The van der Waals surface area contributed by atoms with Crippen LogP contribution in [0.3, 0.4) is 0 Å². The van der Waals surface area contributed by atoms with Crippen molar-refractivity contribution in [2.75, 3.05) is 54.9 Å². The molecule has 0 radical (unpaired) electrons. The van der Waals surface area contributed by atoms with Crippen LogP contribution in [0.1, 0.15) is 0 Å². The molecule has 8 nitrogen and oxygen atoms in total. The number of ether oxygens (including phenoxy) is 8. The molecule has 24 heavy (non-hydrogen) atoms. The predicted octanol–water partition coefficient (Wildman–Crippen LogP) is -0.372. The second kappa shape index (κ2) is 8.37. The Balaban J connectivity index is 0.000000141. The summed E-state index contributed by atoms with van der Waals surface area (Å²) in [6, 6.07) is 0. The Morgan fingerprint density at radius 3 is 0.833 bits per heavy atom. The molecule has 4 aliphatic heterocycles. The minimum Gasteiger partial charge on any atom is -0.376 e. The fourth-order valence-corrected chi connectivity index (χ4v) is 3.67. The highest BCUT2D eigenvalue weighted by Gasteiger charge is 2.49. The Hall–Kier alpha value is -0.320. The molecule has 4 fully saturated rings. The molecule has 0 aromatic heterocycles. The Labute approximate surface area is 142 Å². The van der Waals surface area contributed by atoms with Gasteiger partial charge in [0, 0.05) is 28.4 Å².